The predicted octanol–water partition coefficient (Wildman–Crippen LogP) is 5.60. The number of piperidine rings is 1. The van der Waals surface area contributed by atoms with Crippen LogP contribution in [0.25, 0.3) is 11.3 Å². The van der Waals surface area contributed by atoms with Gasteiger partial charge in [-0.05, 0) is 62.8 Å². The van der Waals surface area contributed by atoms with Crippen LogP contribution in [0.15, 0.2) is 30.6 Å². The molecule has 1 saturated heterocycles. The maximum atomic E-state index is 12.8. The first-order chi connectivity index (χ1) is 15.7. The van der Waals surface area contributed by atoms with Crippen molar-refractivity contribution in [3.05, 3.63) is 35.6 Å². The molecule has 1 aliphatic heterocycles. The van der Waals surface area contributed by atoms with Crippen LogP contribution in [0, 0.1) is 11.8 Å². The molecule has 2 aliphatic rings. The lowest BCUT2D eigenvalue weighted by atomic mass is 9.87. The highest BCUT2D eigenvalue weighted by molar-refractivity contribution is 6.35. The number of anilines is 1. The molecular formula is C23H25ClF3N3O3. The van der Waals surface area contributed by atoms with Gasteiger partial charge >= 0.3 is 12.1 Å². The van der Waals surface area contributed by atoms with Gasteiger partial charge in [-0.25, -0.2) is 9.97 Å². The molecule has 6 nitrogen and oxygen atoms in total. The maximum Gasteiger partial charge on any atom is 0.391 e. The van der Waals surface area contributed by atoms with Crippen LogP contribution in [0.1, 0.15) is 38.5 Å². The number of carbonyl (C=O) groups is 1. The van der Waals surface area contributed by atoms with Gasteiger partial charge in [0.25, 0.3) is 0 Å². The van der Waals surface area contributed by atoms with E-state index in [0.29, 0.717) is 61.1 Å². The Hall–Kier alpha value is -2.55. The molecule has 0 bridgehead atoms. The number of hydrogen-bond donors (Lipinski definition) is 1. The van der Waals surface area contributed by atoms with E-state index in [0.717, 1.165) is 5.56 Å². The summed E-state index contributed by atoms with van der Waals surface area (Å²) < 4.78 is 44.4. The molecule has 0 spiro atoms. The van der Waals surface area contributed by atoms with Gasteiger partial charge in [0.2, 0.25) is 0 Å². The van der Waals surface area contributed by atoms with Crippen molar-refractivity contribution in [2.45, 2.75) is 50.8 Å². The van der Waals surface area contributed by atoms with E-state index in [-0.39, 0.29) is 24.9 Å². The number of benzene rings is 1. The van der Waals surface area contributed by atoms with Crippen molar-refractivity contribution in [2.24, 2.45) is 11.8 Å². The van der Waals surface area contributed by atoms with Crippen LogP contribution in [0.2, 0.25) is 5.02 Å². The summed E-state index contributed by atoms with van der Waals surface area (Å²) in [4.78, 5) is 21.8. The van der Waals surface area contributed by atoms with Crippen molar-refractivity contribution in [3.63, 3.8) is 0 Å². The molecule has 0 atom stereocenters. The van der Waals surface area contributed by atoms with E-state index in [1.54, 1.807) is 12.1 Å². The van der Waals surface area contributed by atoms with Crippen molar-refractivity contribution in [3.8, 4) is 17.0 Å². The minimum atomic E-state index is -4.13. The fraction of sp³-hybridized carbons (Fsp3) is 0.522. The number of hydrogen-bond acceptors (Lipinski definition) is 5. The first-order valence-corrected chi connectivity index (χ1v) is 11.4. The summed E-state index contributed by atoms with van der Waals surface area (Å²) >= 11 is 6.62. The van der Waals surface area contributed by atoms with Crippen molar-refractivity contribution in [1.82, 2.24) is 9.97 Å². The number of nitrogens with zero attached hydrogens (tertiary/aromatic N) is 3. The third-order valence-electron chi connectivity index (χ3n) is 6.48. The van der Waals surface area contributed by atoms with Gasteiger partial charge in [-0.1, -0.05) is 11.6 Å². The zero-order valence-corrected chi connectivity index (χ0v) is 18.6. The van der Waals surface area contributed by atoms with E-state index in [9.17, 15) is 23.1 Å². The van der Waals surface area contributed by atoms with Crippen LogP contribution in [0.3, 0.4) is 0 Å². The number of aromatic nitrogens is 2. The fourth-order valence-corrected chi connectivity index (χ4v) is 4.84. The summed E-state index contributed by atoms with van der Waals surface area (Å²) in [5.41, 5.74) is 1.32. The highest BCUT2D eigenvalue weighted by atomic mass is 35.5. The summed E-state index contributed by atoms with van der Waals surface area (Å²) in [6, 6.07) is 7.15. The van der Waals surface area contributed by atoms with E-state index >= 15 is 0 Å². The molecule has 33 heavy (non-hydrogen) atoms. The van der Waals surface area contributed by atoms with Crippen molar-refractivity contribution < 1.29 is 27.8 Å². The molecule has 178 valence electrons. The van der Waals surface area contributed by atoms with Gasteiger partial charge in [-0.2, -0.15) is 13.2 Å². The van der Waals surface area contributed by atoms with Gasteiger partial charge < -0.3 is 14.7 Å². The van der Waals surface area contributed by atoms with Crippen LogP contribution in [-0.4, -0.2) is 46.4 Å². The summed E-state index contributed by atoms with van der Waals surface area (Å²) in [6.45, 7) is 1.10. The lowest BCUT2D eigenvalue weighted by Crippen LogP contribution is -2.37. The molecule has 1 N–H and O–H groups in total. The number of carboxylic acid groups (broad SMARTS) is 1. The maximum absolute atomic E-state index is 12.8. The molecule has 2 fully saturated rings. The molecule has 4 rings (SSSR count). The number of aliphatic carboxylic acids is 1. The Morgan fingerprint density at radius 3 is 2.24 bits per heavy atom. The fourth-order valence-electron chi connectivity index (χ4n) is 4.51. The Bertz CT molecular complexity index is 971. The quantitative estimate of drug-likeness (QED) is 0.596. The highest BCUT2D eigenvalue weighted by Gasteiger charge is 2.41. The molecule has 1 aromatic carbocycles. The second-order valence-electron chi connectivity index (χ2n) is 8.62. The lowest BCUT2D eigenvalue weighted by molar-refractivity contribution is -0.185. The SMILES string of the molecule is O=C(O)C1CCN(c2ncnc(-c3ccc(OC4CCC(C(F)(F)F)CC4)cc3)c2Cl)CC1. The van der Waals surface area contributed by atoms with Crippen molar-refractivity contribution in [2.75, 3.05) is 18.0 Å². The molecule has 2 heterocycles. The second kappa shape index (κ2) is 9.75. The molecule has 0 unspecified atom stereocenters. The minimum Gasteiger partial charge on any atom is -0.490 e. The van der Waals surface area contributed by atoms with Gasteiger partial charge in [0.05, 0.1) is 23.6 Å². The van der Waals surface area contributed by atoms with Crippen LogP contribution in [0.4, 0.5) is 19.0 Å². The third-order valence-corrected chi connectivity index (χ3v) is 6.83. The standard InChI is InChI=1S/C23H25ClF3N3O3/c24-19-20(28-13-29-21(19)30-11-9-15(10-12-30)22(31)32)14-1-5-17(6-2-14)33-18-7-3-16(4-8-18)23(25,26)27/h1-2,5-6,13,15-16,18H,3-4,7-12H2,(H,31,32). The Kier molecular flexibility index (Phi) is 6.97. The molecule has 1 aliphatic carbocycles. The van der Waals surface area contributed by atoms with Crippen LogP contribution in [-0.2, 0) is 4.79 Å². The number of ether oxygens (including phenoxy) is 1. The first-order valence-electron chi connectivity index (χ1n) is 11.0. The van der Waals surface area contributed by atoms with Gasteiger partial charge in [-0.3, -0.25) is 4.79 Å². The Morgan fingerprint density at radius 1 is 1.03 bits per heavy atom. The van der Waals surface area contributed by atoms with E-state index in [2.05, 4.69) is 9.97 Å². The van der Waals surface area contributed by atoms with Crippen molar-refractivity contribution >= 4 is 23.4 Å². The number of rotatable bonds is 5. The van der Waals surface area contributed by atoms with E-state index in [1.165, 1.54) is 6.33 Å². The minimum absolute atomic E-state index is 0.0925. The number of halogens is 4. The topological polar surface area (TPSA) is 75.5 Å². The van der Waals surface area contributed by atoms with Crippen LogP contribution >= 0.6 is 11.6 Å². The second-order valence-corrected chi connectivity index (χ2v) is 8.99. The molecule has 2 aromatic rings. The number of alkyl halides is 3. The summed E-state index contributed by atoms with van der Waals surface area (Å²) in [5.74, 6) is -1.19. The predicted molar refractivity (Wildman–Crippen MR) is 117 cm³/mol. The molecule has 1 saturated carbocycles. The zero-order valence-electron chi connectivity index (χ0n) is 17.9. The van der Waals surface area contributed by atoms with Gasteiger partial charge in [0.1, 0.15) is 17.1 Å². The zero-order chi connectivity index (χ0) is 23.6. The average Bonchev–Trinajstić information content (AvgIpc) is 2.80. The Labute approximate surface area is 194 Å². The molecule has 0 amide bonds. The molecule has 1 aromatic heterocycles. The first kappa shape index (κ1) is 23.6. The van der Waals surface area contributed by atoms with Gasteiger partial charge in [0.15, 0.2) is 5.82 Å². The monoisotopic (exact) mass is 483 g/mol. The number of carboxylic acids is 1. The van der Waals surface area contributed by atoms with E-state index in [1.807, 2.05) is 17.0 Å². The van der Waals surface area contributed by atoms with E-state index in [4.69, 9.17) is 16.3 Å². The molecular weight excluding hydrogens is 459 g/mol. The van der Waals surface area contributed by atoms with E-state index < -0.39 is 18.1 Å². The lowest BCUT2D eigenvalue weighted by Gasteiger charge is -2.31. The third kappa shape index (κ3) is 5.51. The van der Waals surface area contributed by atoms with Gasteiger partial charge in [0, 0.05) is 18.7 Å². The van der Waals surface area contributed by atoms with Gasteiger partial charge in [-0.15, -0.1) is 0 Å². The highest BCUT2D eigenvalue weighted by Crippen LogP contribution is 2.39. The molecule has 0 radical (unpaired) electrons. The summed E-state index contributed by atoms with van der Waals surface area (Å²) in [7, 11) is 0. The summed E-state index contributed by atoms with van der Waals surface area (Å²) in [5, 5.41) is 9.58. The normalized spacial score (nSPS) is 22.2. The largest absolute Gasteiger partial charge is 0.490 e. The smallest absolute Gasteiger partial charge is 0.391 e. The Morgan fingerprint density at radius 2 is 1.67 bits per heavy atom. The van der Waals surface area contributed by atoms with Crippen molar-refractivity contribution in [1.29, 1.82) is 0 Å². The van der Waals surface area contributed by atoms with Crippen LogP contribution in [0.5, 0.6) is 5.75 Å². The summed E-state index contributed by atoms with van der Waals surface area (Å²) in [6.07, 6.45) is -0.916. The average molecular weight is 484 g/mol. The van der Waals surface area contributed by atoms with Crippen LogP contribution < -0.4 is 9.64 Å². The Balaban J connectivity index is 1.40. The molecule has 10 heteroatoms.